The molecule has 0 aliphatic carbocycles. The Bertz CT molecular complexity index is 912. The van der Waals surface area contributed by atoms with Gasteiger partial charge in [0.15, 0.2) is 0 Å². The van der Waals surface area contributed by atoms with E-state index in [1.54, 1.807) is 35.1 Å². The summed E-state index contributed by atoms with van der Waals surface area (Å²) in [6, 6.07) is 12.3. The maximum Gasteiger partial charge on any atom is 0.216 e. The number of hydrogen-bond acceptors (Lipinski definition) is 5. The van der Waals surface area contributed by atoms with Gasteiger partial charge >= 0.3 is 0 Å². The summed E-state index contributed by atoms with van der Waals surface area (Å²) in [5.74, 6) is 0. The maximum absolute atomic E-state index is 13.0. The number of aryl methyl sites for hydroxylation is 1. The van der Waals surface area contributed by atoms with Crippen LogP contribution in [-0.4, -0.2) is 25.2 Å². The van der Waals surface area contributed by atoms with Crippen molar-refractivity contribution in [3.05, 3.63) is 53.5 Å². The Balaban J connectivity index is 2.21. The van der Waals surface area contributed by atoms with Gasteiger partial charge in [-0.3, -0.25) is 4.68 Å². The summed E-state index contributed by atoms with van der Waals surface area (Å²) in [5, 5.41) is 7.22. The average Bonchev–Trinajstić information content (AvgIpc) is 3.15. The van der Waals surface area contributed by atoms with Crippen molar-refractivity contribution in [2.75, 3.05) is 7.05 Å². The maximum atomic E-state index is 13.0. The summed E-state index contributed by atoms with van der Waals surface area (Å²) in [7, 11) is 0.0910. The van der Waals surface area contributed by atoms with Gasteiger partial charge in [-0.2, -0.15) is 5.10 Å². The van der Waals surface area contributed by atoms with Gasteiger partial charge in [-0.05, 0) is 31.3 Å². The van der Waals surface area contributed by atoms with E-state index in [0.29, 0.717) is 21.2 Å². The molecule has 0 aliphatic heterocycles. The van der Waals surface area contributed by atoms with E-state index in [0.717, 1.165) is 10.6 Å². The SMILES string of the molecule is CNCc1cc(-c2ccnn2C)c(S(=O)(=O)c2ccccc2)s1. The molecule has 0 radical (unpaired) electrons. The van der Waals surface area contributed by atoms with Crippen LogP contribution in [0.2, 0.25) is 0 Å². The van der Waals surface area contributed by atoms with Crippen LogP contribution in [0.1, 0.15) is 4.88 Å². The van der Waals surface area contributed by atoms with Gasteiger partial charge in [-0.15, -0.1) is 11.3 Å². The van der Waals surface area contributed by atoms with Crippen LogP contribution in [-0.2, 0) is 23.4 Å². The lowest BCUT2D eigenvalue weighted by atomic mass is 10.2. The summed E-state index contributed by atoms with van der Waals surface area (Å²) in [5.41, 5.74) is 1.49. The van der Waals surface area contributed by atoms with Crippen molar-refractivity contribution in [1.82, 2.24) is 15.1 Å². The van der Waals surface area contributed by atoms with E-state index in [1.807, 2.05) is 32.3 Å². The summed E-state index contributed by atoms with van der Waals surface area (Å²) in [4.78, 5) is 1.28. The zero-order valence-electron chi connectivity index (χ0n) is 12.9. The third kappa shape index (κ3) is 2.95. The molecular formula is C16H17N3O2S2. The highest BCUT2D eigenvalue weighted by molar-refractivity contribution is 7.93. The monoisotopic (exact) mass is 347 g/mol. The topological polar surface area (TPSA) is 64.0 Å². The Hall–Kier alpha value is -1.96. The Kier molecular flexibility index (Phi) is 4.34. The lowest BCUT2D eigenvalue weighted by Crippen LogP contribution is -2.02. The van der Waals surface area contributed by atoms with Gasteiger partial charge in [0, 0.05) is 30.2 Å². The summed E-state index contributed by atoms with van der Waals surface area (Å²) in [6.07, 6.45) is 1.67. The summed E-state index contributed by atoms with van der Waals surface area (Å²) >= 11 is 1.30. The first-order chi connectivity index (χ1) is 11.0. The predicted molar refractivity (Wildman–Crippen MR) is 91.2 cm³/mol. The molecule has 0 bridgehead atoms. The lowest BCUT2D eigenvalue weighted by molar-refractivity contribution is 0.598. The number of nitrogens with zero attached hydrogens (tertiary/aromatic N) is 2. The van der Waals surface area contributed by atoms with Crippen LogP contribution in [0.15, 0.2) is 57.8 Å². The molecule has 0 amide bonds. The van der Waals surface area contributed by atoms with E-state index >= 15 is 0 Å². The Morgan fingerprint density at radius 3 is 2.57 bits per heavy atom. The van der Waals surface area contributed by atoms with Crippen molar-refractivity contribution in [1.29, 1.82) is 0 Å². The molecule has 0 saturated heterocycles. The van der Waals surface area contributed by atoms with Gasteiger partial charge in [0.05, 0.1) is 10.6 Å². The fraction of sp³-hybridized carbons (Fsp3) is 0.188. The first-order valence-corrected chi connectivity index (χ1v) is 9.40. The number of thiophene rings is 1. The number of hydrogen-bond donors (Lipinski definition) is 1. The third-order valence-electron chi connectivity index (χ3n) is 3.49. The molecule has 1 N–H and O–H groups in total. The normalized spacial score (nSPS) is 11.7. The zero-order valence-corrected chi connectivity index (χ0v) is 14.5. The predicted octanol–water partition coefficient (Wildman–Crippen LogP) is 2.70. The smallest absolute Gasteiger partial charge is 0.216 e. The van der Waals surface area contributed by atoms with Gasteiger partial charge in [-0.25, -0.2) is 8.42 Å². The summed E-state index contributed by atoms with van der Waals surface area (Å²) in [6.45, 7) is 0.625. The number of sulfone groups is 1. The molecule has 3 rings (SSSR count). The minimum atomic E-state index is -3.56. The largest absolute Gasteiger partial charge is 0.315 e. The molecule has 5 nitrogen and oxygen atoms in total. The van der Waals surface area contributed by atoms with Crippen molar-refractivity contribution < 1.29 is 8.42 Å². The molecule has 7 heteroatoms. The van der Waals surface area contributed by atoms with Gasteiger partial charge in [0.1, 0.15) is 4.21 Å². The number of aromatic nitrogens is 2. The van der Waals surface area contributed by atoms with Crippen LogP contribution in [0.4, 0.5) is 0 Å². The van der Waals surface area contributed by atoms with Gasteiger partial charge in [-0.1, -0.05) is 18.2 Å². The first-order valence-electron chi connectivity index (χ1n) is 7.10. The van der Waals surface area contributed by atoms with E-state index in [1.165, 1.54) is 11.3 Å². The molecule has 0 atom stereocenters. The van der Waals surface area contributed by atoms with Crippen molar-refractivity contribution in [3.63, 3.8) is 0 Å². The number of rotatable bonds is 5. The minimum Gasteiger partial charge on any atom is -0.315 e. The van der Waals surface area contributed by atoms with E-state index in [9.17, 15) is 8.42 Å². The third-order valence-corrected chi connectivity index (χ3v) is 6.93. The minimum absolute atomic E-state index is 0.307. The molecule has 0 saturated carbocycles. The molecule has 3 aromatic rings. The van der Waals surface area contributed by atoms with Gasteiger partial charge < -0.3 is 5.32 Å². The van der Waals surface area contributed by atoms with Crippen LogP contribution in [0.3, 0.4) is 0 Å². The molecular weight excluding hydrogens is 330 g/mol. The molecule has 2 aromatic heterocycles. The van der Waals surface area contributed by atoms with Crippen LogP contribution in [0, 0.1) is 0 Å². The molecule has 23 heavy (non-hydrogen) atoms. The van der Waals surface area contributed by atoms with Gasteiger partial charge in [0.25, 0.3) is 0 Å². The average molecular weight is 347 g/mol. The quantitative estimate of drug-likeness (QED) is 0.771. The highest BCUT2D eigenvalue weighted by atomic mass is 32.2. The van der Waals surface area contributed by atoms with Crippen molar-refractivity contribution in [2.45, 2.75) is 15.6 Å². The molecule has 0 fully saturated rings. The van der Waals surface area contributed by atoms with Crippen molar-refractivity contribution in [3.8, 4) is 11.3 Å². The van der Waals surface area contributed by atoms with E-state index in [2.05, 4.69) is 10.4 Å². The first kappa shape index (κ1) is 15.9. The Morgan fingerprint density at radius 1 is 1.22 bits per heavy atom. The summed E-state index contributed by atoms with van der Waals surface area (Å²) < 4.78 is 28.1. The standard InChI is InChI=1S/C16H17N3O2S2/c1-17-11-12-10-14(15-8-9-18-19(15)2)16(22-12)23(20,21)13-6-4-3-5-7-13/h3-10,17H,11H2,1-2H3. The number of benzene rings is 1. The second-order valence-electron chi connectivity index (χ2n) is 5.10. The molecule has 0 unspecified atom stereocenters. The van der Waals surface area contributed by atoms with Crippen molar-refractivity contribution in [2.24, 2.45) is 7.05 Å². The molecule has 2 heterocycles. The Labute approximate surface area is 139 Å². The second kappa shape index (κ2) is 6.27. The molecule has 120 valence electrons. The van der Waals surface area contributed by atoms with Crippen LogP contribution in [0.5, 0.6) is 0 Å². The lowest BCUT2D eigenvalue weighted by Gasteiger charge is -2.06. The van der Waals surface area contributed by atoms with Crippen LogP contribution in [0.25, 0.3) is 11.3 Å². The van der Waals surface area contributed by atoms with Crippen LogP contribution < -0.4 is 5.32 Å². The van der Waals surface area contributed by atoms with E-state index < -0.39 is 9.84 Å². The van der Waals surface area contributed by atoms with E-state index in [4.69, 9.17) is 0 Å². The molecule has 0 aliphatic rings. The Morgan fingerprint density at radius 2 is 1.96 bits per heavy atom. The highest BCUT2D eigenvalue weighted by Gasteiger charge is 2.26. The number of nitrogens with one attached hydrogen (secondary N) is 1. The fourth-order valence-electron chi connectivity index (χ4n) is 2.41. The molecule has 0 spiro atoms. The van der Waals surface area contributed by atoms with Gasteiger partial charge in [0.2, 0.25) is 9.84 Å². The van der Waals surface area contributed by atoms with E-state index in [-0.39, 0.29) is 0 Å². The fourth-order valence-corrected chi connectivity index (χ4v) is 5.54. The van der Waals surface area contributed by atoms with Crippen LogP contribution >= 0.6 is 11.3 Å². The molecule has 1 aromatic carbocycles. The zero-order chi connectivity index (χ0) is 16.4. The highest BCUT2D eigenvalue weighted by Crippen LogP contribution is 2.38. The van der Waals surface area contributed by atoms with Crippen molar-refractivity contribution >= 4 is 21.2 Å². The second-order valence-corrected chi connectivity index (χ2v) is 8.38.